The summed E-state index contributed by atoms with van der Waals surface area (Å²) in [4.78, 5) is 13.0. The van der Waals surface area contributed by atoms with Gasteiger partial charge in [0, 0.05) is 25.7 Å². The SMILES string of the molecule is CCN1CC(N)CNCC1=O. The summed E-state index contributed by atoms with van der Waals surface area (Å²) in [5.74, 6) is 0.153. The molecule has 11 heavy (non-hydrogen) atoms. The lowest BCUT2D eigenvalue weighted by Crippen LogP contribution is -2.40. The lowest BCUT2D eigenvalue weighted by atomic mass is 10.3. The van der Waals surface area contributed by atoms with Gasteiger partial charge in [-0.05, 0) is 6.92 Å². The highest BCUT2D eigenvalue weighted by Gasteiger charge is 2.18. The number of nitrogens with one attached hydrogen (secondary N) is 1. The van der Waals surface area contributed by atoms with Crippen molar-refractivity contribution in [3.63, 3.8) is 0 Å². The Morgan fingerprint density at radius 3 is 3.18 bits per heavy atom. The molecule has 3 N–H and O–H groups in total. The van der Waals surface area contributed by atoms with E-state index in [9.17, 15) is 4.79 Å². The summed E-state index contributed by atoms with van der Waals surface area (Å²) in [6.07, 6.45) is 0. The number of nitrogens with zero attached hydrogens (tertiary/aromatic N) is 1. The van der Waals surface area contributed by atoms with Gasteiger partial charge in [0.1, 0.15) is 0 Å². The summed E-state index contributed by atoms with van der Waals surface area (Å²) in [7, 11) is 0. The first-order valence-corrected chi connectivity index (χ1v) is 3.98. The van der Waals surface area contributed by atoms with Gasteiger partial charge in [-0.1, -0.05) is 0 Å². The summed E-state index contributed by atoms with van der Waals surface area (Å²) in [6, 6.07) is 0.0846. The predicted molar refractivity (Wildman–Crippen MR) is 43.1 cm³/mol. The zero-order valence-corrected chi connectivity index (χ0v) is 6.84. The first-order valence-electron chi connectivity index (χ1n) is 3.98. The quantitative estimate of drug-likeness (QED) is 0.501. The maximum absolute atomic E-state index is 11.2. The average Bonchev–Trinajstić information content (AvgIpc) is 2.13. The largest absolute Gasteiger partial charge is 0.340 e. The second kappa shape index (κ2) is 3.69. The van der Waals surface area contributed by atoms with Crippen molar-refractivity contribution < 1.29 is 4.79 Å². The third kappa shape index (κ3) is 2.17. The molecule has 0 saturated carbocycles. The van der Waals surface area contributed by atoms with Gasteiger partial charge in [0.05, 0.1) is 6.54 Å². The fourth-order valence-corrected chi connectivity index (χ4v) is 1.23. The molecule has 1 unspecified atom stereocenters. The molecule has 1 fully saturated rings. The molecular weight excluding hydrogens is 142 g/mol. The predicted octanol–water partition coefficient (Wildman–Crippen LogP) is -1.23. The molecule has 64 valence electrons. The normalized spacial score (nSPS) is 26.9. The number of carbonyl (C=O) groups is 1. The van der Waals surface area contributed by atoms with E-state index in [0.29, 0.717) is 13.1 Å². The molecule has 1 amide bonds. The van der Waals surface area contributed by atoms with Crippen LogP contribution < -0.4 is 11.1 Å². The Kier molecular flexibility index (Phi) is 2.84. The van der Waals surface area contributed by atoms with Crippen LogP contribution in [0.4, 0.5) is 0 Å². The number of amides is 1. The third-order valence-corrected chi connectivity index (χ3v) is 1.87. The summed E-state index contributed by atoms with van der Waals surface area (Å²) < 4.78 is 0. The van der Waals surface area contributed by atoms with E-state index < -0.39 is 0 Å². The topological polar surface area (TPSA) is 58.4 Å². The number of nitrogens with two attached hydrogens (primary N) is 1. The molecule has 0 spiro atoms. The van der Waals surface area contributed by atoms with Crippen molar-refractivity contribution in [3.05, 3.63) is 0 Å². The van der Waals surface area contributed by atoms with Gasteiger partial charge in [0.25, 0.3) is 0 Å². The van der Waals surface area contributed by atoms with Crippen molar-refractivity contribution in [2.24, 2.45) is 5.73 Å². The van der Waals surface area contributed by atoms with Gasteiger partial charge in [-0.3, -0.25) is 4.79 Å². The lowest BCUT2D eigenvalue weighted by molar-refractivity contribution is -0.129. The standard InChI is InChI=1S/C7H15N3O/c1-2-10-5-6(8)3-9-4-7(10)11/h6,9H,2-5,8H2,1H3. The second-order valence-electron chi connectivity index (χ2n) is 2.82. The van der Waals surface area contributed by atoms with Gasteiger partial charge >= 0.3 is 0 Å². The van der Waals surface area contributed by atoms with Crippen molar-refractivity contribution in [3.8, 4) is 0 Å². The number of rotatable bonds is 1. The van der Waals surface area contributed by atoms with Gasteiger partial charge in [-0.15, -0.1) is 0 Å². The van der Waals surface area contributed by atoms with Crippen LogP contribution in [0.2, 0.25) is 0 Å². The minimum absolute atomic E-state index is 0.0846. The van der Waals surface area contributed by atoms with Gasteiger partial charge in [-0.2, -0.15) is 0 Å². The van der Waals surface area contributed by atoms with Crippen LogP contribution in [0, 0.1) is 0 Å². The molecule has 0 radical (unpaired) electrons. The number of hydrogen-bond donors (Lipinski definition) is 2. The molecule has 1 atom stereocenters. The minimum atomic E-state index is 0.0846. The Hall–Kier alpha value is -0.610. The molecule has 0 aliphatic carbocycles. The molecule has 1 rings (SSSR count). The van der Waals surface area contributed by atoms with E-state index >= 15 is 0 Å². The van der Waals surface area contributed by atoms with Crippen molar-refractivity contribution in [1.29, 1.82) is 0 Å². The van der Waals surface area contributed by atoms with Crippen LogP contribution >= 0.6 is 0 Å². The van der Waals surface area contributed by atoms with Crippen LogP contribution in [0.25, 0.3) is 0 Å². The average molecular weight is 157 g/mol. The zero-order chi connectivity index (χ0) is 8.27. The third-order valence-electron chi connectivity index (χ3n) is 1.87. The van der Waals surface area contributed by atoms with Crippen LogP contribution in [0.15, 0.2) is 0 Å². The van der Waals surface area contributed by atoms with Crippen LogP contribution in [-0.2, 0) is 4.79 Å². The lowest BCUT2D eigenvalue weighted by Gasteiger charge is -2.19. The Labute approximate surface area is 66.7 Å². The van der Waals surface area contributed by atoms with E-state index in [0.717, 1.165) is 13.1 Å². The van der Waals surface area contributed by atoms with Crippen molar-refractivity contribution in [1.82, 2.24) is 10.2 Å². The highest BCUT2D eigenvalue weighted by Crippen LogP contribution is 1.94. The van der Waals surface area contributed by atoms with Gasteiger partial charge in [0.2, 0.25) is 5.91 Å². The van der Waals surface area contributed by atoms with Crippen molar-refractivity contribution >= 4 is 5.91 Å². The second-order valence-corrected chi connectivity index (χ2v) is 2.82. The fraction of sp³-hybridized carbons (Fsp3) is 0.857. The number of carbonyl (C=O) groups excluding carboxylic acids is 1. The Bertz CT molecular complexity index is 149. The molecule has 0 aromatic rings. The minimum Gasteiger partial charge on any atom is -0.340 e. The van der Waals surface area contributed by atoms with E-state index in [1.54, 1.807) is 4.90 Å². The molecule has 1 saturated heterocycles. The molecule has 0 aromatic carbocycles. The van der Waals surface area contributed by atoms with Crippen LogP contribution in [0.1, 0.15) is 6.92 Å². The first kappa shape index (κ1) is 8.49. The van der Waals surface area contributed by atoms with Crippen LogP contribution in [0.3, 0.4) is 0 Å². The van der Waals surface area contributed by atoms with Gasteiger partial charge in [-0.25, -0.2) is 0 Å². The molecule has 0 bridgehead atoms. The Morgan fingerprint density at radius 1 is 1.82 bits per heavy atom. The molecule has 4 heteroatoms. The summed E-state index contributed by atoms with van der Waals surface area (Å²) in [5, 5.41) is 2.99. The fourth-order valence-electron chi connectivity index (χ4n) is 1.23. The molecule has 1 heterocycles. The number of hydrogen-bond acceptors (Lipinski definition) is 3. The monoisotopic (exact) mass is 157 g/mol. The molecule has 1 aliphatic rings. The highest BCUT2D eigenvalue weighted by molar-refractivity contribution is 5.78. The van der Waals surface area contributed by atoms with E-state index in [1.807, 2.05) is 6.92 Å². The summed E-state index contributed by atoms with van der Waals surface area (Å²) >= 11 is 0. The summed E-state index contributed by atoms with van der Waals surface area (Å²) in [6.45, 7) is 4.58. The number of likely N-dealkylation sites (N-methyl/N-ethyl adjacent to an activating group) is 1. The van der Waals surface area contributed by atoms with Crippen molar-refractivity contribution in [2.45, 2.75) is 13.0 Å². The maximum Gasteiger partial charge on any atom is 0.236 e. The summed E-state index contributed by atoms with van der Waals surface area (Å²) in [5.41, 5.74) is 5.71. The highest BCUT2D eigenvalue weighted by atomic mass is 16.2. The van der Waals surface area contributed by atoms with E-state index in [1.165, 1.54) is 0 Å². The molecular formula is C7H15N3O. The van der Waals surface area contributed by atoms with Crippen LogP contribution in [0.5, 0.6) is 0 Å². The smallest absolute Gasteiger partial charge is 0.236 e. The Morgan fingerprint density at radius 2 is 2.55 bits per heavy atom. The van der Waals surface area contributed by atoms with Gasteiger partial charge < -0.3 is 16.0 Å². The molecule has 4 nitrogen and oxygen atoms in total. The van der Waals surface area contributed by atoms with E-state index in [-0.39, 0.29) is 11.9 Å². The van der Waals surface area contributed by atoms with Crippen molar-refractivity contribution in [2.75, 3.05) is 26.2 Å². The molecule has 0 aromatic heterocycles. The zero-order valence-electron chi connectivity index (χ0n) is 6.84. The van der Waals surface area contributed by atoms with E-state index in [4.69, 9.17) is 5.73 Å². The Balaban J connectivity index is 2.52. The maximum atomic E-state index is 11.2. The van der Waals surface area contributed by atoms with E-state index in [2.05, 4.69) is 5.32 Å². The molecule has 1 aliphatic heterocycles. The first-order chi connectivity index (χ1) is 5.24. The van der Waals surface area contributed by atoms with Gasteiger partial charge in [0.15, 0.2) is 0 Å². The van der Waals surface area contributed by atoms with Crippen LogP contribution in [-0.4, -0.2) is 43.0 Å².